The van der Waals surface area contributed by atoms with Gasteiger partial charge >= 0.3 is 0 Å². The van der Waals surface area contributed by atoms with E-state index in [1.807, 2.05) is 13.1 Å². The van der Waals surface area contributed by atoms with E-state index in [1.165, 1.54) is 12.1 Å². The third-order valence-electron chi connectivity index (χ3n) is 1.44. The Morgan fingerprint density at radius 3 is 1.75 bits per heavy atom. The second-order valence-electron chi connectivity index (χ2n) is 2.66. The van der Waals surface area contributed by atoms with Crippen LogP contribution in [-0.4, -0.2) is 8.80 Å². The largest absolute Gasteiger partial charge is 0.269 e. The van der Waals surface area contributed by atoms with Gasteiger partial charge in [-0.15, -0.1) is 0 Å². The molecular weight excluding hydrogens is 181 g/mol. The topological polar surface area (TPSA) is 0 Å². The van der Waals surface area contributed by atoms with Gasteiger partial charge in [0.05, 0.1) is 8.80 Å². The molecule has 1 radical (unpaired) electrons. The summed E-state index contributed by atoms with van der Waals surface area (Å²) in [6, 6.07) is 3.70. The number of halogens is 3. The standard InChI is InChI=1S/C8H9F2Si.FH/c1-11(2)8-4-6(9)3-7(10)5-8;/h3-5H,1-2H3;1H. The SMILES string of the molecule is C[Si](C)c1cc(F)cc(F)c1.F. The lowest BCUT2D eigenvalue weighted by Crippen LogP contribution is -2.23. The molecule has 4 heteroatoms. The van der Waals surface area contributed by atoms with Gasteiger partial charge in [0.25, 0.3) is 0 Å². The molecule has 0 aromatic heterocycles. The molecule has 12 heavy (non-hydrogen) atoms. The van der Waals surface area contributed by atoms with Crippen molar-refractivity contribution in [2.75, 3.05) is 0 Å². The maximum absolute atomic E-state index is 12.6. The first-order valence-corrected chi connectivity index (χ1v) is 5.86. The van der Waals surface area contributed by atoms with Gasteiger partial charge in [0.15, 0.2) is 0 Å². The molecule has 67 valence electrons. The average Bonchev–Trinajstić information content (AvgIpc) is 1.85. The Bertz CT molecular complexity index is 240. The first kappa shape index (κ1) is 11.2. The fraction of sp³-hybridized carbons (Fsp3) is 0.250. The Morgan fingerprint density at radius 2 is 1.42 bits per heavy atom. The van der Waals surface area contributed by atoms with Crippen LogP contribution >= 0.6 is 0 Å². The second kappa shape index (κ2) is 4.30. The Hall–Kier alpha value is -0.773. The summed E-state index contributed by atoms with van der Waals surface area (Å²) in [5.41, 5.74) is 0. The third-order valence-corrected chi connectivity index (χ3v) is 2.88. The highest BCUT2D eigenvalue weighted by molar-refractivity contribution is 6.70. The molecule has 0 nitrogen and oxygen atoms in total. The van der Waals surface area contributed by atoms with Crippen molar-refractivity contribution >= 4 is 14.0 Å². The molecule has 0 atom stereocenters. The Kier molecular flexibility index (Phi) is 4.02. The van der Waals surface area contributed by atoms with Crippen LogP contribution in [0.1, 0.15) is 0 Å². The highest BCUT2D eigenvalue weighted by Gasteiger charge is 2.04. The predicted octanol–water partition coefficient (Wildman–Crippen LogP) is 2.08. The van der Waals surface area contributed by atoms with Crippen LogP contribution in [0.3, 0.4) is 0 Å². The number of benzene rings is 1. The van der Waals surface area contributed by atoms with Crippen LogP contribution in [0.15, 0.2) is 18.2 Å². The van der Waals surface area contributed by atoms with E-state index in [1.54, 1.807) is 0 Å². The quantitative estimate of drug-likeness (QED) is 0.596. The predicted molar refractivity (Wildman–Crippen MR) is 46.0 cm³/mol. The zero-order valence-electron chi connectivity index (χ0n) is 6.90. The summed E-state index contributed by atoms with van der Waals surface area (Å²) < 4.78 is 25.1. The molecule has 1 aromatic carbocycles. The Balaban J connectivity index is 0.00000121. The van der Waals surface area contributed by atoms with Gasteiger partial charge in [-0.25, -0.2) is 8.78 Å². The minimum absolute atomic E-state index is 0. The summed E-state index contributed by atoms with van der Waals surface area (Å²) in [5, 5.41) is 0.799. The van der Waals surface area contributed by atoms with Crippen LogP contribution in [0.25, 0.3) is 0 Å². The van der Waals surface area contributed by atoms with E-state index >= 15 is 0 Å². The number of rotatable bonds is 1. The molecule has 0 spiro atoms. The lowest BCUT2D eigenvalue weighted by Gasteiger charge is -2.02. The average molecular weight is 191 g/mol. The van der Waals surface area contributed by atoms with E-state index in [0.717, 1.165) is 11.3 Å². The smallest absolute Gasteiger partial charge is 0.125 e. The zero-order valence-corrected chi connectivity index (χ0v) is 7.90. The van der Waals surface area contributed by atoms with Crippen LogP contribution in [0.4, 0.5) is 13.5 Å². The molecule has 0 aliphatic heterocycles. The van der Waals surface area contributed by atoms with E-state index in [2.05, 4.69) is 0 Å². The molecule has 0 heterocycles. The molecule has 0 fully saturated rings. The first-order chi connectivity index (χ1) is 5.09. The third kappa shape index (κ3) is 2.69. The van der Waals surface area contributed by atoms with Crippen LogP contribution in [0, 0.1) is 11.6 Å². The van der Waals surface area contributed by atoms with Gasteiger partial charge in [-0.2, -0.15) is 0 Å². The van der Waals surface area contributed by atoms with Crippen molar-refractivity contribution in [1.29, 1.82) is 0 Å². The molecule has 0 bridgehead atoms. The lowest BCUT2D eigenvalue weighted by molar-refractivity contribution is 0.585. The summed E-state index contributed by atoms with van der Waals surface area (Å²) in [4.78, 5) is 0. The highest BCUT2D eigenvalue weighted by atomic mass is 28.3. The van der Waals surface area contributed by atoms with Gasteiger partial charge in [-0.05, 0) is 12.1 Å². The van der Waals surface area contributed by atoms with Crippen molar-refractivity contribution in [2.45, 2.75) is 13.1 Å². The van der Waals surface area contributed by atoms with E-state index < -0.39 is 20.4 Å². The minimum atomic E-state index is -0.736. The van der Waals surface area contributed by atoms with E-state index in [0.29, 0.717) is 0 Å². The van der Waals surface area contributed by atoms with E-state index in [-0.39, 0.29) is 4.70 Å². The summed E-state index contributed by atoms with van der Waals surface area (Å²) in [6.45, 7) is 4.00. The molecule has 1 rings (SSSR count). The summed E-state index contributed by atoms with van der Waals surface area (Å²) in [7, 11) is -0.736. The summed E-state index contributed by atoms with van der Waals surface area (Å²) in [5.74, 6) is -0.961. The van der Waals surface area contributed by atoms with Crippen molar-refractivity contribution in [3.8, 4) is 0 Å². The van der Waals surface area contributed by atoms with Crippen molar-refractivity contribution < 1.29 is 13.5 Å². The van der Waals surface area contributed by atoms with Crippen LogP contribution < -0.4 is 5.19 Å². The van der Waals surface area contributed by atoms with Gasteiger partial charge in [-0.3, -0.25) is 4.70 Å². The molecule has 1 aromatic rings. The molecule has 0 unspecified atom stereocenters. The molecule has 0 amide bonds. The zero-order chi connectivity index (χ0) is 8.43. The van der Waals surface area contributed by atoms with Gasteiger partial charge in [0.1, 0.15) is 11.6 Å². The number of hydrogen-bond donors (Lipinski definition) is 0. The van der Waals surface area contributed by atoms with Crippen molar-refractivity contribution in [2.24, 2.45) is 0 Å². The van der Waals surface area contributed by atoms with Crippen LogP contribution in [0.5, 0.6) is 0 Å². The van der Waals surface area contributed by atoms with Crippen molar-refractivity contribution in [1.82, 2.24) is 0 Å². The normalized spacial score (nSPS) is 9.75. The fourth-order valence-corrected chi connectivity index (χ4v) is 1.70. The van der Waals surface area contributed by atoms with E-state index in [4.69, 9.17) is 0 Å². The molecule has 0 aliphatic carbocycles. The van der Waals surface area contributed by atoms with Crippen molar-refractivity contribution in [3.63, 3.8) is 0 Å². The summed E-state index contributed by atoms with van der Waals surface area (Å²) in [6.07, 6.45) is 0. The summed E-state index contributed by atoms with van der Waals surface area (Å²) >= 11 is 0. The molecular formula is C8H10F3Si. The van der Waals surface area contributed by atoms with Crippen LogP contribution in [0.2, 0.25) is 13.1 Å². The van der Waals surface area contributed by atoms with Crippen molar-refractivity contribution in [3.05, 3.63) is 29.8 Å². The molecule has 0 aliphatic rings. The Morgan fingerprint density at radius 1 is 1.00 bits per heavy atom. The Labute approximate surface area is 71.2 Å². The van der Waals surface area contributed by atoms with E-state index in [9.17, 15) is 8.78 Å². The van der Waals surface area contributed by atoms with Gasteiger partial charge < -0.3 is 0 Å². The maximum Gasteiger partial charge on any atom is 0.125 e. The van der Waals surface area contributed by atoms with Gasteiger partial charge in [0, 0.05) is 6.07 Å². The monoisotopic (exact) mass is 191 g/mol. The first-order valence-electron chi connectivity index (χ1n) is 3.36. The molecule has 0 N–H and O–H groups in total. The fourth-order valence-electron chi connectivity index (χ4n) is 0.843. The molecule has 0 saturated heterocycles. The minimum Gasteiger partial charge on any atom is -0.269 e. The second-order valence-corrected chi connectivity index (χ2v) is 5.24. The van der Waals surface area contributed by atoms with Gasteiger partial charge in [0.2, 0.25) is 0 Å². The molecule has 0 saturated carbocycles. The van der Waals surface area contributed by atoms with Gasteiger partial charge in [-0.1, -0.05) is 18.3 Å². The lowest BCUT2D eigenvalue weighted by atomic mass is 10.3. The maximum atomic E-state index is 12.6. The van der Waals surface area contributed by atoms with Crippen LogP contribution in [-0.2, 0) is 0 Å². The number of hydrogen-bond acceptors (Lipinski definition) is 0. The highest BCUT2D eigenvalue weighted by Crippen LogP contribution is 2.00.